The van der Waals surface area contributed by atoms with Crippen molar-refractivity contribution in [3.8, 4) is 11.1 Å². The van der Waals surface area contributed by atoms with Gasteiger partial charge in [-0.25, -0.2) is 0 Å². The molecule has 3 nitrogen and oxygen atoms in total. The van der Waals surface area contributed by atoms with Gasteiger partial charge in [0.25, 0.3) is 0 Å². The molecule has 1 heterocycles. The van der Waals surface area contributed by atoms with Crippen LogP contribution in [0.4, 0.5) is 5.88 Å². The highest BCUT2D eigenvalue weighted by Gasteiger charge is 2.17. The van der Waals surface area contributed by atoms with E-state index in [2.05, 4.69) is 5.16 Å². The molecule has 2 N–H and O–H groups in total. The van der Waals surface area contributed by atoms with Crippen LogP contribution >= 0.6 is 23.2 Å². The molecule has 0 fully saturated rings. The van der Waals surface area contributed by atoms with E-state index in [9.17, 15) is 0 Å². The van der Waals surface area contributed by atoms with E-state index in [0.717, 1.165) is 0 Å². The van der Waals surface area contributed by atoms with Gasteiger partial charge >= 0.3 is 0 Å². The number of halogens is 2. The average molecular weight is 243 g/mol. The monoisotopic (exact) mass is 242 g/mol. The number of hydrogen-bond acceptors (Lipinski definition) is 3. The summed E-state index contributed by atoms with van der Waals surface area (Å²) in [4.78, 5) is 0. The first kappa shape index (κ1) is 10.3. The van der Waals surface area contributed by atoms with Crippen molar-refractivity contribution in [3.63, 3.8) is 0 Å². The number of nitrogen functional groups attached to an aromatic ring is 1. The van der Waals surface area contributed by atoms with E-state index in [4.69, 9.17) is 33.5 Å². The molecule has 78 valence electrons. The summed E-state index contributed by atoms with van der Waals surface area (Å²) in [5.41, 5.74) is 7.66. The van der Waals surface area contributed by atoms with E-state index in [1.165, 1.54) is 0 Å². The minimum absolute atomic E-state index is 0.225. The molecule has 0 saturated heterocycles. The van der Waals surface area contributed by atoms with Gasteiger partial charge in [0.15, 0.2) is 0 Å². The largest absolute Gasteiger partial charge is 0.367 e. The number of hydrogen-bond donors (Lipinski definition) is 1. The van der Waals surface area contributed by atoms with Gasteiger partial charge in [0.05, 0.1) is 21.3 Å². The van der Waals surface area contributed by atoms with Crippen LogP contribution in [-0.4, -0.2) is 5.16 Å². The zero-order valence-corrected chi connectivity index (χ0v) is 9.43. The molecular weight excluding hydrogens is 235 g/mol. The van der Waals surface area contributed by atoms with Crippen LogP contribution < -0.4 is 5.73 Å². The Morgan fingerprint density at radius 1 is 1.20 bits per heavy atom. The smallest absolute Gasteiger partial charge is 0.230 e. The quantitative estimate of drug-likeness (QED) is 0.833. The molecule has 15 heavy (non-hydrogen) atoms. The fourth-order valence-electron chi connectivity index (χ4n) is 1.43. The zero-order valence-electron chi connectivity index (χ0n) is 7.92. The van der Waals surface area contributed by atoms with E-state index in [-0.39, 0.29) is 5.88 Å². The third kappa shape index (κ3) is 1.68. The van der Waals surface area contributed by atoms with Gasteiger partial charge in [0, 0.05) is 5.56 Å². The predicted molar refractivity (Wildman–Crippen MR) is 61.1 cm³/mol. The van der Waals surface area contributed by atoms with Crippen LogP contribution in [0.5, 0.6) is 0 Å². The Kier molecular flexibility index (Phi) is 2.59. The molecule has 0 aliphatic heterocycles. The minimum atomic E-state index is 0.225. The first-order valence-electron chi connectivity index (χ1n) is 4.27. The van der Waals surface area contributed by atoms with Crippen LogP contribution in [0.15, 0.2) is 22.7 Å². The molecule has 0 bridgehead atoms. The second-order valence-corrected chi connectivity index (χ2v) is 3.92. The van der Waals surface area contributed by atoms with E-state index in [1.54, 1.807) is 25.1 Å². The molecule has 0 aliphatic rings. The average Bonchev–Trinajstić information content (AvgIpc) is 2.49. The van der Waals surface area contributed by atoms with Gasteiger partial charge < -0.3 is 10.3 Å². The summed E-state index contributed by atoms with van der Waals surface area (Å²) in [7, 11) is 0. The Labute approximate surface area is 96.8 Å². The maximum absolute atomic E-state index is 6.06. The van der Waals surface area contributed by atoms with Crippen molar-refractivity contribution in [3.05, 3.63) is 33.9 Å². The number of nitrogens with zero attached hydrogens (tertiary/aromatic N) is 1. The minimum Gasteiger partial charge on any atom is -0.367 e. The molecular formula is C10H8Cl2N2O. The van der Waals surface area contributed by atoms with Crippen molar-refractivity contribution in [2.24, 2.45) is 0 Å². The van der Waals surface area contributed by atoms with Crippen LogP contribution in [-0.2, 0) is 0 Å². The predicted octanol–water partition coefficient (Wildman–Crippen LogP) is 3.54. The van der Waals surface area contributed by atoms with Crippen molar-refractivity contribution >= 4 is 29.1 Å². The van der Waals surface area contributed by atoms with Gasteiger partial charge in [0.2, 0.25) is 5.88 Å². The Hall–Kier alpha value is -1.19. The topological polar surface area (TPSA) is 52.0 Å². The molecule has 0 amide bonds. The van der Waals surface area contributed by atoms with Gasteiger partial charge in [0.1, 0.15) is 0 Å². The third-order valence-electron chi connectivity index (χ3n) is 2.10. The molecule has 0 unspecified atom stereocenters. The number of nitrogens with two attached hydrogens (primary N) is 1. The molecule has 2 rings (SSSR count). The Morgan fingerprint density at radius 3 is 2.27 bits per heavy atom. The molecule has 5 heteroatoms. The number of aryl methyl sites for hydroxylation is 1. The van der Waals surface area contributed by atoms with Crippen molar-refractivity contribution in [1.29, 1.82) is 0 Å². The van der Waals surface area contributed by atoms with E-state index < -0.39 is 0 Å². The summed E-state index contributed by atoms with van der Waals surface area (Å²) in [6, 6.07) is 5.26. The van der Waals surface area contributed by atoms with Crippen molar-refractivity contribution in [2.45, 2.75) is 6.92 Å². The fourth-order valence-corrected chi connectivity index (χ4v) is 2.01. The van der Waals surface area contributed by atoms with Crippen molar-refractivity contribution in [2.75, 3.05) is 5.73 Å². The lowest BCUT2D eigenvalue weighted by Gasteiger charge is -2.05. The van der Waals surface area contributed by atoms with Crippen molar-refractivity contribution < 1.29 is 4.52 Å². The standard InChI is InChI=1S/C10H8Cl2N2O/c1-5-8(10(13)15-14-5)9-6(11)3-2-4-7(9)12/h2-4H,13H2,1H3. The fraction of sp³-hybridized carbons (Fsp3) is 0.100. The second-order valence-electron chi connectivity index (χ2n) is 3.10. The summed E-state index contributed by atoms with van der Waals surface area (Å²) in [6.45, 7) is 1.79. The molecule has 0 radical (unpaired) electrons. The lowest BCUT2D eigenvalue weighted by molar-refractivity contribution is 0.431. The Bertz CT molecular complexity index is 468. The lowest BCUT2D eigenvalue weighted by atomic mass is 10.1. The van der Waals surface area contributed by atoms with Gasteiger partial charge in [-0.3, -0.25) is 0 Å². The molecule has 0 saturated carbocycles. The van der Waals surface area contributed by atoms with Crippen LogP contribution in [0.2, 0.25) is 10.0 Å². The van der Waals surface area contributed by atoms with E-state index in [1.807, 2.05) is 0 Å². The third-order valence-corrected chi connectivity index (χ3v) is 2.73. The highest BCUT2D eigenvalue weighted by Crippen LogP contribution is 2.39. The molecule has 0 spiro atoms. The number of benzene rings is 1. The molecule has 2 aromatic rings. The summed E-state index contributed by atoms with van der Waals surface area (Å²) in [6.07, 6.45) is 0. The van der Waals surface area contributed by atoms with Gasteiger partial charge in [-0.05, 0) is 19.1 Å². The molecule has 0 atom stereocenters. The first-order valence-corrected chi connectivity index (χ1v) is 5.03. The Balaban J connectivity index is 2.74. The van der Waals surface area contributed by atoms with Crippen LogP contribution in [0, 0.1) is 6.92 Å². The normalized spacial score (nSPS) is 10.6. The van der Waals surface area contributed by atoms with Crippen LogP contribution in [0.25, 0.3) is 11.1 Å². The van der Waals surface area contributed by atoms with Gasteiger partial charge in [-0.1, -0.05) is 34.4 Å². The molecule has 0 aliphatic carbocycles. The zero-order chi connectivity index (χ0) is 11.0. The molecule has 1 aromatic carbocycles. The summed E-state index contributed by atoms with van der Waals surface area (Å²) in [5.74, 6) is 0.225. The highest BCUT2D eigenvalue weighted by atomic mass is 35.5. The van der Waals surface area contributed by atoms with Gasteiger partial charge in [-0.15, -0.1) is 0 Å². The maximum Gasteiger partial charge on any atom is 0.230 e. The SMILES string of the molecule is Cc1noc(N)c1-c1c(Cl)cccc1Cl. The number of anilines is 1. The number of aromatic nitrogens is 1. The van der Waals surface area contributed by atoms with E-state index >= 15 is 0 Å². The first-order chi connectivity index (χ1) is 7.11. The lowest BCUT2D eigenvalue weighted by Crippen LogP contribution is -1.88. The van der Waals surface area contributed by atoms with Crippen LogP contribution in [0.3, 0.4) is 0 Å². The van der Waals surface area contributed by atoms with Gasteiger partial charge in [-0.2, -0.15) is 0 Å². The highest BCUT2D eigenvalue weighted by molar-refractivity contribution is 6.39. The second kappa shape index (κ2) is 3.76. The maximum atomic E-state index is 6.06. The number of rotatable bonds is 1. The summed E-state index contributed by atoms with van der Waals surface area (Å²) >= 11 is 12.1. The summed E-state index contributed by atoms with van der Waals surface area (Å²) in [5, 5.41) is 4.81. The molecule has 1 aromatic heterocycles. The van der Waals surface area contributed by atoms with Crippen LogP contribution in [0.1, 0.15) is 5.69 Å². The summed E-state index contributed by atoms with van der Waals surface area (Å²) < 4.78 is 4.87. The van der Waals surface area contributed by atoms with E-state index in [0.29, 0.717) is 26.9 Å². The Morgan fingerprint density at radius 2 is 1.80 bits per heavy atom. The van der Waals surface area contributed by atoms with Crippen molar-refractivity contribution in [1.82, 2.24) is 5.16 Å².